The lowest BCUT2D eigenvalue weighted by molar-refractivity contribution is -0.143. The molecular weight excluding hydrogens is 672 g/mol. The summed E-state index contributed by atoms with van der Waals surface area (Å²) in [6.07, 6.45) is -7.08. The van der Waals surface area contributed by atoms with Crippen molar-refractivity contribution in [2.75, 3.05) is 10.6 Å². The Morgan fingerprint density at radius 1 is 0.804 bits per heavy atom. The zero-order valence-electron chi connectivity index (χ0n) is 28.6. The standard InChI is InChI=1S/C38H39F6N5O2/c1-22-8-10-29(11-9-22)49-33(21-32(47-49)36(2,3)4)46-35(51)45-28-7-5-6-23(15-28)14-24-16-30-12-13-31(17-24)48(30)34(50)25-18-26(37(39,40)41)20-27(19-25)38(42,43)44/h5-11,15,18-21,24,30-31H,12-14,16-17H2,1-4H3,(H2,45,46,51). The number of aryl methyl sites for hydroxylation is 1. The van der Waals surface area contributed by atoms with E-state index in [9.17, 15) is 35.9 Å². The van der Waals surface area contributed by atoms with Crippen molar-refractivity contribution < 1.29 is 35.9 Å². The molecule has 13 heteroatoms. The first-order valence-corrected chi connectivity index (χ1v) is 16.8. The molecule has 2 saturated heterocycles. The SMILES string of the molecule is Cc1ccc(-n2nc(C(C)(C)C)cc2NC(=O)Nc2cccc(CC3CC4CCC(C3)N4C(=O)c3cc(C(F)(F)F)cc(C(F)(F)F)c3)c2)cc1. The zero-order valence-corrected chi connectivity index (χ0v) is 28.6. The molecule has 0 saturated carbocycles. The van der Waals surface area contributed by atoms with E-state index in [1.54, 1.807) is 10.7 Å². The van der Waals surface area contributed by atoms with Gasteiger partial charge in [0.05, 0.1) is 22.5 Å². The second-order valence-electron chi connectivity index (χ2n) is 14.6. The van der Waals surface area contributed by atoms with Crippen LogP contribution in [0.25, 0.3) is 5.69 Å². The molecule has 0 radical (unpaired) electrons. The number of fused-ring (bicyclic) bond motifs is 2. The first-order chi connectivity index (χ1) is 23.8. The number of piperidine rings is 1. The topological polar surface area (TPSA) is 79.3 Å². The lowest BCUT2D eigenvalue weighted by Crippen LogP contribution is -2.47. The third-order valence-corrected chi connectivity index (χ3v) is 9.61. The van der Waals surface area contributed by atoms with Gasteiger partial charge in [0, 0.05) is 34.8 Å². The maximum atomic E-state index is 13.5. The summed E-state index contributed by atoms with van der Waals surface area (Å²) in [7, 11) is 0. The van der Waals surface area contributed by atoms with Crippen LogP contribution in [0.3, 0.4) is 0 Å². The average molecular weight is 712 g/mol. The van der Waals surface area contributed by atoms with Gasteiger partial charge < -0.3 is 10.2 Å². The first-order valence-electron chi connectivity index (χ1n) is 16.8. The summed E-state index contributed by atoms with van der Waals surface area (Å²) in [6.45, 7) is 8.12. The van der Waals surface area contributed by atoms with E-state index in [4.69, 9.17) is 5.10 Å². The van der Waals surface area contributed by atoms with Crippen molar-refractivity contribution in [1.29, 1.82) is 0 Å². The number of hydrogen-bond donors (Lipinski definition) is 2. The summed E-state index contributed by atoms with van der Waals surface area (Å²) in [5.74, 6) is -0.176. The predicted molar refractivity (Wildman–Crippen MR) is 182 cm³/mol. The van der Waals surface area contributed by atoms with Crippen LogP contribution in [0.5, 0.6) is 0 Å². The van der Waals surface area contributed by atoms with Crippen molar-refractivity contribution in [3.63, 3.8) is 0 Å². The van der Waals surface area contributed by atoms with Crippen molar-refractivity contribution >= 4 is 23.4 Å². The van der Waals surface area contributed by atoms with Crippen molar-refractivity contribution in [2.45, 2.75) is 89.7 Å². The monoisotopic (exact) mass is 711 g/mol. The predicted octanol–water partition coefficient (Wildman–Crippen LogP) is 9.79. The lowest BCUT2D eigenvalue weighted by Gasteiger charge is -2.39. The highest BCUT2D eigenvalue weighted by Gasteiger charge is 2.45. The summed E-state index contributed by atoms with van der Waals surface area (Å²) in [4.78, 5) is 28.2. The Kier molecular flexibility index (Phi) is 9.45. The third-order valence-electron chi connectivity index (χ3n) is 9.61. The molecule has 1 aromatic heterocycles. The van der Waals surface area contributed by atoms with E-state index >= 15 is 0 Å². The van der Waals surface area contributed by atoms with Gasteiger partial charge in [0.15, 0.2) is 0 Å². The highest BCUT2D eigenvalue weighted by molar-refractivity contribution is 5.99. The minimum atomic E-state index is -5.04. The van der Waals surface area contributed by atoms with E-state index < -0.39 is 41.0 Å². The second-order valence-corrected chi connectivity index (χ2v) is 14.6. The van der Waals surface area contributed by atoms with Gasteiger partial charge in [-0.2, -0.15) is 31.4 Å². The molecule has 2 aliphatic rings. The Morgan fingerprint density at radius 3 is 1.98 bits per heavy atom. The minimum absolute atomic E-state index is 0.0353. The Morgan fingerprint density at radius 2 is 1.41 bits per heavy atom. The van der Waals surface area contributed by atoms with Crippen LogP contribution in [-0.2, 0) is 24.2 Å². The van der Waals surface area contributed by atoms with Crippen molar-refractivity contribution in [3.05, 3.63) is 106 Å². The number of urea groups is 1. The Balaban J connectivity index is 1.12. The number of nitrogens with zero attached hydrogens (tertiary/aromatic N) is 3. The van der Waals surface area contributed by atoms with E-state index in [0.29, 0.717) is 55.7 Å². The van der Waals surface area contributed by atoms with Gasteiger partial charge in [0.25, 0.3) is 5.91 Å². The van der Waals surface area contributed by atoms with Crippen LogP contribution in [-0.4, -0.2) is 38.7 Å². The van der Waals surface area contributed by atoms with Gasteiger partial charge in [0.2, 0.25) is 0 Å². The van der Waals surface area contributed by atoms with Crippen LogP contribution in [0, 0.1) is 12.8 Å². The molecule has 7 nitrogen and oxygen atoms in total. The summed E-state index contributed by atoms with van der Waals surface area (Å²) < 4.78 is 82.5. The second kappa shape index (κ2) is 13.4. The fourth-order valence-electron chi connectivity index (χ4n) is 7.12. The van der Waals surface area contributed by atoms with Crippen LogP contribution >= 0.6 is 0 Å². The number of carbonyl (C=O) groups is 2. The number of benzene rings is 3. The first kappa shape index (κ1) is 36.0. The highest BCUT2D eigenvalue weighted by atomic mass is 19.4. The minimum Gasteiger partial charge on any atom is -0.333 e. The van der Waals surface area contributed by atoms with E-state index in [1.165, 1.54) is 4.90 Å². The van der Waals surface area contributed by atoms with Crippen molar-refractivity contribution in [3.8, 4) is 5.69 Å². The Hall–Kier alpha value is -4.81. The number of anilines is 2. The molecule has 3 amide bonds. The number of hydrogen-bond acceptors (Lipinski definition) is 3. The summed E-state index contributed by atoms with van der Waals surface area (Å²) in [5.41, 5.74) is 0.356. The molecule has 3 aromatic carbocycles. The molecule has 2 aliphatic heterocycles. The number of rotatable bonds is 6. The number of halogens is 6. The zero-order chi connectivity index (χ0) is 36.9. The van der Waals surface area contributed by atoms with E-state index in [-0.39, 0.29) is 29.5 Å². The summed E-state index contributed by atoms with van der Waals surface area (Å²) >= 11 is 0. The molecule has 6 rings (SSSR count). The van der Waals surface area contributed by atoms with Crippen LogP contribution in [0.1, 0.15) is 84.8 Å². The number of alkyl halides is 6. The molecule has 0 spiro atoms. The fraction of sp³-hybridized carbons (Fsp3) is 0.395. The number of aromatic nitrogens is 2. The number of amides is 3. The molecule has 0 aliphatic carbocycles. The van der Waals surface area contributed by atoms with E-state index in [0.717, 1.165) is 22.5 Å². The van der Waals surface area contributed by atoms with Crippen LogP contribution in [0.15, 0.2) is 72.8 Å². The van der Waals surface area contributed by atoms with Gasteiger partial charge in [-0.25, -0.2) is 9.48 Å². The fourth-order valence-corrected chi connectivity index (χ4v) is 7.12. The summed E-state index contributed by atoms with van der Waals surface area (Å²) in [5, 5.41) is 10.6. The summed E-state index contributed by atoms with van der Waals surface area (Å²) in [6, 6.07) is 17.1. The van der Waals surface area contributed by atoms with Gasteiger partial charge in [-0.15, -0.1) is 0 Å². The molecule has 2 fully saturated rings. The molecule has 3 heterocycles. The molecule has 2 unspecified atom stereocenters. The molecular formula is C38H39F6N5O2. The van der Waals surface area contributed by atoms with Crippen molar-refractivity contribution in [2.24, 2.45) is 5.92 Å². The van der Waals surface area contributed by atoms with E-state index in [1.807, 2.05) is 76.2 Å². The largest absolute Gasteiger partial charge is 0.416 e. The maximum absolute atomic E-state index is 13.5. The third kappa shape index (κ3) is 8.07. The van der Waals surface area contributed by atoms with E-state index in [2.05, 4.69) is 10.6 Å². The molecule has 2 bridgehead atoms. The number of nitrogens with one attached hydrogen (secondary N) is 2. The molecule has 2 N–H and O–H groups in total. The Bertz CT molecular complexity index is 1880. The van der Waals surface area contributed by atoms with Gasteiger partial charge >= 0.3 is 18.4 Å². The average Bonchev–Trinajstić information content (AvgIpc) is 3.58. The van der Waals surface area contributed by atoms with Crippen LogP contribution in [0.2, 0.25) is 0 Å². The van der Waals surface area contributed by atoms with Gasteiger partial charge in [-0.05, 0) is 93.0 Å². The Labute approximate surface area is 292 Å². The molecule has 51 heavy (non-hydrogen) atoms. The molecule has 270 valence electrons. The lowest BCUT2D eigenvalue weighted by atomic mass is 9.85. The smallest absolute Gasteiger partial charge is 0.333 e. The normalized spacial score (nSPS) is 19.3. The van der Waals surface area contributed by atoms with Gasteiger partial charge in [-0.1, -0.05) is 50.6 Å². The maximum Gasteiger partial charge on any atom is 0.416 e. The quantitative estimate of drug-likeness (QED) is 0.196. The highest BCUT2D eigenvalue weighted by Crippen LogP contribution is 2.42. The molecule has 4 aromatic rings. The van der Waals surface area contributed by atoms with Crippen LogP contribution < -0.4 is 10.6 Å². The van der Waals surface area contributed by atoms with Gasteiger partial charge in [0.1, 0.15) is 5.82 Å². The van der Waals surface area contributed by atoms with Crippen molar-refractivity contribution in [1.82, 2.24) is 14.7 Å². The number of carbonyl (C=O) groups excluding carboxylic acids is 2. The molecule has 2 atom stereocenters. The van der Waals surface area contributed by atoms with Crippen LogP contribution in [0.4, 0.5) is 42.6 Å². The van der Waals surface area contributed by atoms with Gasteiger partial charge in [-0.3, -0.25) is 10.1 Å².